The average Bonchev–Trinajstić information content (AvgIpc) is 2.19. The van der Waals surface area contributed by atoms with Crippen molar-refractivity contribution in [1.29, 1.82) is 0 Å². The topological polar surface area (TPSA) is 3.24 Å². The summed E-state index contributed by atoms with van der Waals surface area (Å²) in [5.74, 6) is -0.225. The number of rotatable bonds is 4. The average molecular weight is 216 g/mol. The molecule has 0 heterocycles. The smallest absolute Gasteiger partial charge is 0.123 e. The molecule has 0 aliphatic carbocycles. The lowest BCUT2D eigenvalue weighted by molar-refractivity contribution is 0.295. The van der Waals surface area contributed by atoms with Gasteiger partial charge < -0.3 is 0 Å². The number of halogens is 2. The monoisotopic (exact) mass is 215 g/mol. The Morgan fingerprint density at radius 3 is 2.50 bits per heavy atom. The van der Waals surface area contributed by atoms with Gasteiger partial charge in [-0.25, -0.2) is 4.39 Å². The molecule has 0 aromatic heterocycles. The van der Waals surface area contributed by atoms with E-state index in [1.165, 1.54) is 12.1 Å². The Morgan fingerprint density at radius 2 is 1.93 bits per heavy atom. The van der Waals surface area contributed by atoms with Gasteiger partial charge in [-0.15, -0.1) is 0 Å². The van der Waals surface area contributed by atoms with Gasteiger partial charge in [0, 0.05) is 11.6 Å². The summed E-state index contributed by atoms with van der Waals surface area (Å²) in [6, 6.07) is 4.49. The molecule has 0 saturated heterocycles. The molecule has 0 unspecified atom stereocenters. The van der Waals surface area contributed by atoms with Crippen LogP contribution in [0.1, 0.15) is 19.4 Å². The van der Waals surface area contributed by atoms with E-state index in [1.54, 1.807) is 6.07 Å². The molecule has 0 aliphatic heterocycles. The molecule has 0 N–H and O–H groups in total. The first kappa shape index (κ1) is 11.5. The molecule has 78 valence electrons. The zero-order valence-electron chi connectivity index (χ0n) is 8.56. The Hall–Kier alpha value is -0.600. The van der Waals surface area contributed by atoms with Gasteiger partial charge in [0.15, 0.2) is 0 Å². The van der Waals surface area contributed by atoms with Gasteiger partial charge in [-0.2, -0.15) is 0 Å². The highest BCUT2D eigenvalue weighted by Gasteiger charge is 2.05. The Morgan fingerprint density at radius 1 is 1.29 bits per heavy atom. The van der Waals surface area contributed by atoms with Crippen LogP contribution in [0.3, 0.4) is 0 Å². The van der Waals surface area contributed by atoms with Gasteiger partial charge >= 0.3 is 0 Å². The second-order valence-corrected chi connectivity index (χ2v) is 3.60. The van der Waals surface area contributed by atoms with Crippen molar-refractivity contribution in [2.24, 2.45) is 0 Å². The SMILES string of the molecule is CCN(CC)Cc1cc(F)ccc1Cl. The molecule has 0 fully saturated rings. The Kier molecular flexibility index (Phi) is 4.36. The third-order valence-electron chi connectivity index (χ3n) is 2.30. The van der Waals surface area contributed by atoms with Gasteiger partial charge in [-0.3, -0.25) is 4.90 Å². The van der Waals surface area contributed by atoms with Gasteiger partial charge in [-0.1, -0.05) is 25.4 Å². The molecule has 3 heteroatoms. The van der Waals surface area contributed by atoms with E-state index in [0.29, 0.717) is 11.6 Å². The van der Waals surface area contributed by atoms with Crippen LogP contribution < -0.4 is 0 Å². The van der Waals surface area contributed by atoms with Gasteiger partial charge in [0.25, 0.3) is 0 Å². The molecule has 1 aromatic rings. The molecule has 1 aromatic carbocycles. The number of nitrogens with zero attached hydrogens (tertiary/aromatic N) is 1. The summed E-state index contributed by atoms with van der Waals surface area (Å²) in [6.07, 6.45) is 0. The fraction of sp³-hybridized carbons (Fsp3) is 0.455. The fourth-order valence-electron chi connectivity index (χ4n) is 1.35. The summed E-state index contributed by atoms with van der Waals surface area (Å²) in [7, 11) is 0. The van der Waals surface area contributed by atoms with E-state index in [1.807, 2.05) is 0 Å². The van der Waals surface area contributed by atoms with E-state index in [2.05, 4.69) is 18.7 Å². The highest BCUT2D eigenvalue weighted by Crippen LogP contribution is 2.18. The van der Waals surface area contributed by atoms with Crippen LogP contribution >= 0.6 is 11.6 Å². The largest absolute Gasteiger partial charge is 0.300 e. The molecule has 0 aliphatic rings. The molecule has 0 atom stereocenters. The molecule has 0 bridgehead atoms. The second-order valence-electron chi connectivity index (χ2n) is 3.20. The lowest BCUT2D eigenvalue weighted by atomic mass is 10.2. The Bertz CT molecular complexity index is 297. The minimum absolute atomic E-state index is 0.225. The van der Waals surface area contributed by atoms with Crippen LogP contribution in [-0.2, 0) is 6.54 Å². The van der Waals surface area contributed by atoms with Crippen LogP contribution in [0.2, 0.25) is 5.02 Å². The molecule has 0 saturated carbocycles. The van der Waals surface area contributed by atoms with Crippen molar-refractivity contribution in [3.8, 4) is 0 Å². The third-order valence-corrected chi connectivity index (χ3v) is 2.66. The summed E-state index contributed by atoms with van der Waals surface area (Å²) in [4.78, 5) is 2.20. The van der Waals surface area contributed by atoms with Crippen LogP contribution in [0.15, 0.2) is 18.2 Å². The minimum atomic E-state index is -0.225. The lowest BCUT2D eigenvalue weighted by Crippen LogP contribution is -2.22. The molecule has 1 rings (SSSR count). The minimum Gasteiger partial charge on any atom is -0.300 e. The molecule has 14 heavy (non-hydrogen) atoms. The Labute approximate surface area is 89.5 Å². The lowest BCUT2D eigenvalue weighted by Gasteiger charge is -2.18. The van der Waals surface area contributed by atoms with Crippen LogP contribution in [0.25, 0.3) is 0 Å². The zero-order chi connectivity index (χ0) is 10.6. The summed E-state index contributed by atoms with van der Waals surface area (Å²) in [5.41, 5.74) is 0.857. The summed E-state index contributed by atoms with van der Waals surface area (Å²) in [6.45, 7) is 6.77. The summed E-state index contributed by atoms with van der Waals surface area (Å²) in [5, 5.41) is 0.637. The van der Waals surface area contributed by atoms with Crippen LogP contribution in [-0.4, -0.2) is 18.0 Å². The molecule has 0 spiro atoms. The molecule has 0 radical (unpaired) electrons. The fourth-order valence-corrected chi connectivity index (χ4v) is 1.53. The molecular formula is C11H15ClFN. The maximum atomic E-state index is 12.9. The van der Waals surface area contributed by atoms with E-state index in [0.717, 1.165) is 18.7 Å². The van der Waals surface area contributed by atoms with Crippen molar-refractivity contribution >= 4 is 11.6 Å². The third kappa shape index (κ3) is 2.96. The molecular weight excluding hydrogens is 201 g/mol. The van der Waals surface area contributed by atoms with Crippen molar-refractivity contribution in [2.75, 3.05) is 13.1 Å². The van der Waals surface area contributed by atoms with Crippen molar-refractivity contribution in [1.82, 2.24) is 4.90 Å². The maximum absolute atomic E-state index is 12.9. The van der Waals surface area contributed by atoms with Crippen LogP contribution in [0.5, 0.6) is 0 Å². The number of benzene rings is 1. The first-order chi connectivity index (χ1) is 6.67. The zero-order valence-corrected chi connectivity index (χ0v) is 9.31. The van der Waals surface area contributed by atoms with E-state index >= 15 is 0 Å². The van der Waals surface area contributed by atoms with Crippen molar-refractivity contribution in [2.45, 2.75) is 20.4 Å². The quantitative estimate of drug-likeness (QED) is 0.745. The van der Waals surface area contributed by atoms with Crippen molar-refractivity contribution < 1.29 is 4.39 Å². The van der Waals surface area contributed by atoms with E-state index in [9.17, 15) is 4.39 Å². The number of hydrogen-bond acceptors (Lipinski definition) is 1. The van der Waals surface area contributed by atoms with Gasteiger partial charge in [-0.05, 0) is 36.9 Å². The predicted octanol–water partition coefficient (Wildman–Crippen LogP) is 3.32. The summed E-state index contributed by atoms with van der Waals surface area (Å²) >= 11 is 5.96. The highest BCUT2D eigenvalue weighted by atomic mass is 35.5. The van der Waals surface area contributed by atoms with E-state index < -0.39 is 0 Å². The van der Waals surface area contributed by atoms with Crippen molar-refractivity contribution in [3.63, 3.8) is 0 Å². The normalized spacial score (nSPS) is 10.9. The summed E-state index contributed by atoms with van der Waals surface area (Å²) < 4.78 is 12.9. The van der Waals surface area contributed by atoms with Gasteiger partial charge in [0.1, 0.15) is 5.82 Å². The number of hydrogen-bond donors (Lipinski definition) is 0. The van der Waals surface area contributed by atoms with Gasteiger partial charge in [0.05, 0.1) is 0 Å². The van der Waals surface area contributed by atoms with Crippen LogP contribution in [0, 0.1) is 5.82 Å². The van der Waals surface area contributed by atoms with Crippen LogP contribution in [0.4, 0.5) is 4.39 Å². The Balaban J connectivity index is 2.79. The molecule has 0 amide bonds. The second kappa shape index (κ2) is 5.32. The predicted molar refractivity (Wildman–Crippen MR) is 58.0 cm³/mol. The first-order valence-corrected chi connectivity index (χ1v) is 5.21. The highest BCUT2D eigenvalue weighted by molar-refractivity contribution is 6.31. The maximum Gasteiger partial charge on any atom is 0.123 e. The van der Waals surface area contributed by atoms with Gasteiger partial charge in [0.2, 0.25) is 0 Å². The molecule has 1 nitrogen and oxygen atoms in total. The standard InChI is InChI=1S/C11H15ClFN/c1-3-14(4-2)8-9-7-10(13)5-6-11(9)12/h5-7H,3-4,8H2,1-2H3. The van der Waals surface area contributed by atoms with Crippen molar-refractivity contribution in [3.05, 3.63) is 34.6 Å². The van der Waals surface area contributed by atoms with E-state index in [-0.39, 0.29) is 5.82 Å². The first-order valence-electron chi connectivity index (χ1n) is 4.83. The van der Waals surface area contributed by atoms with E-state index in [4.69, 9.17) is 11.6 Å².